The maximum absolute atomic E-state index is 12.7. The van der Waals surface area contributed by atoms with E-state index >= 15 is 0 Å². The van der Waals surface area contributed by atoms with E-state index in [9.17, 15) is 23.7 Å². The second-order valence-electron chi connectivity index (χ2n) is 7.26. The first kappa shape index (κ1) is 23.6. The van der Waals surface area contributed by atoms with Crippen molar-refractivity contribution in [2.75, 3.05) is 5.32 Å². The summed E-state index contributed by atoms with van der Waals surface area (Å²) in [5.41, 5.74) is 1.33. The van der Waals surface area contributed by atoms with Gasteiger partial charge in [0.05, 0.1) is 22.7 Å². The molecular formula is C23H22F2N4O4. The number of hydrogen-bond acceptors (Lipinski definition) is 6. The van der Waals surface area contributed by atoms with Crippen molar-refractivity contribution in [1.82, 2.24) is 10.3 Å². The summed E-state index contributed by atoms with van der Waals surface area (Å²) in [5.74, 6) is -0.577. The van der Waals surface area contributed by atoms with Crippen molar-refractivity contribution in [1.29, 1.82) is 0 Å². The monoisotopic (exact) mass is 456 g/mol. The van der Waals surface area contributed by atoms with Crippen LogP contribution in [0.1, 0.15) is 47.5 Å². The molecule has 1 aromatic heterocycles. The summed E-state index contributed by atoms with van der Waals surface area (Å²) in [7, 11) is 0. The van der Waals surface area contributed by atoms with Gasteiger partial charge in [-0.1, -0.05) is 18.2 Å². The molecule has 0 aliphatic heterocycles. The van der Waals surface area contributed by atoms with Gasteiger partial charge in [-0.3, -0.25) is 19.9 Å². The van der Waals surface area contributed by atoms with E-state index in [0.717, 1.165) is 0 Å². The number of halogens is 2. The lowest BCUT2D eigenvalue weighted by Crippen LogP contribution is -2.26. The smallest absolute Gasteiger partial charge is 0.387 e. The number of carbonyl (C=O) groups is 1. The minimum Gasteiger partial charge on any atom is -0.435 e. The Balaban J connectivity index is 1.75. The third kappa shape index (κ3) is 6.22. The zero-order chi connectivity index (χ0) is 24.0. The average Bonchev–Trinajstić information content (AvgIpc) is 2.79. The number of nitro groups is 1. The van der Waals surface area contributed by atoms with E-state index in [2.05, 4.69) is 20.4 Å². The molecule has 0 aliphatic carbocycles. The van der Waals surface area contributed by atoms with Crippen molar-refractivity contribution in [2.24, 2.45) is 0 Å². The van der Waals surface area contributed by atoms with Gasteiger partial charge in [0, 0.05) is 17.8 Å². The highest BCUT2D eigenvalue weighted by Gasteiger charge is 2.21. The molecule has 0 radical (unpaired) electrons. The van der Waals surface area contributed by atoms with E-state index in [1.807, 2.05) is 13.0 Å². The van der Waals surface area contributed by atoms with Gasteiger partial charge in [0.25, 0.3) is 11.6 Å². The zero-order valence-corrected chi connectivity index (χ0v) is 17.9. The lowest BCUT2D eigenvalue weighted by molar-refractivity contribution is -0.384. The number of hydrogen-bond donors (Lipinski definition) is 2. The molecule has 0 aliphatic rings. The predicted octanol–water partition coefficient (Wildman–Crippen LogP) is 5.26. The van der Waals surface area contributed by atoms with Crippen molar-refractivity contribution in [3.05, 3.63) is 93.8 Å². The fourth-order valence-corrected chi connectivity index (χ4v) is 3.21. The maximum atomic E-state index is 12.7. The molecule has 0 spiro atoms. The molecule has 0 fully saturated rings. The second kappa shape index (κ2) is 10.5. The number of nitro benzene ring substituents is 1. The van der Waals surface area contributed by atoms with E-state index in [4.69, 9.17) is 0 Å². The van der Waals surface area contributed by atoms with Crippen LogP contribution >= 0.6 is 0 Å². The minimum atomic E-state index is -2.96. The number of pyridine rings is 1. The number of nitrogens with one attached hydrogen (secondary N) is 2. The Kier molecular flexibility index (Phi) is 7.50. The number of nitrogens with zero attached hydrogens (tertiary/aromatic N) is 2. The average molecular weight is 456 g/mol. The number of aromatic nitrogens is 1. The maximum Gasteiger partial charge on any atom is 0.387 e. The van der Waals surface area contributed by atoms with Crippen molar-refractivity contribution in [2.45, 2.75) is 32.5 Å². The molecule has 33 heavy (non-hydrogen) atoms. The van der Waals surface area contributed by atoms with Gasteiger partial charge in [0.15, 0.2) is 0 Å². The largest absolute Gasteiger partial charge is 0.435 e. The number of anilines is 1. The van der Waals surface area contributed by atoms with E-state index in [1.54, 1.807) is 31.3 Å². The Hall–Kier alpha value is -4.08. The van der Waals surface area contributed by atoms with Crippen LogP contribution in [0.5, 0.6) is 5.75 Å². The van der Waals surface area contributed by atoms with Crippen molar-refractivity contribution >= 4 is 17.3 Å². The quantitative estimate of drug-likeness (QED) is 0.336. The zero-order valence-electron chi connectivity index (χ0n) is 17.9. The highest BCUT2D eigenvalue weighted by Crippen LogP contribution is 2.29. The molecule has 8 nitrogen and oxygen atoms in total. The molecule has 1 heterocycles. The van der Waals surface area contributed by atoms with Crippen LogP contribution in [0.2, 0.25) is 0 Å². The molecule has 0 saturated heterocycles. The third-order valence-electron chi connectivity index (χ3n) is 4.89. The van der Waals surface area contributed by atoms with Crippen molar-refractivity contribution < 1.29 is 23.2 Å². The lowest BCUT2D eigenvalue weighted by atomic mass is 10.1. The number of benzene rings is 2. The Morgan fingerprint density at radius 3 is 2.52 bits per heavy atom. The molecule has 3 aromatic rings. The first-order valence-corrected chi connectivity index (χ1v) is 10.1. The van der Waals surface area contributed by atoms with Gasteiger partial charge in [-0.25, -0.2) is 0 Å². The summed E-state index contributed by atoms with van der Waals surface area (Å²) in [6.45, 7) is 0.525. The first-order chi connectivity index (χ1) is 15.7. The van der Waals surface area contributed by atoms with Crippen LogP contribution in [0.4, 0.5) is 20.2 Å². The van der Waals surface area contributed by atoms with E-state index < -0.39 is 23.5 Å². The fourth-order valence-electron chi connectivity index (χ4n) is 3.21. The molecule has 172 valence electrons. The highest BCUT2D eigenvalue weighted by molar-refractivity contribution is 5.96. The Bertz CT molecular complexity index is 1130. The van der Waals surface area contributed by atoms with Crippen LogP contribution in [-0.4, -0.2) is 22.4 Å². The minimum absolute atomic E-state index is 0.0308. The van der Waals surface area contributed by atoms with E-state index in [1.165, 1.54) is 36.4 Å². The normalized spacial score (nSPS) is 12.6. The van der Waals surface area contributed by atoms with Gasteiger partial charge in [0.2, 0.25) is 0 Å². The highest BCUT2D eigenvalue weighted by atomic mass is 19.3. The number of alkyl halides is 2. The van der Waals surface area contributed by atoms with Gasteiger partial charge in [-0.15, -0.1) is 0 Å². The summed E-state index contributed by atoms with van der Waals surface area (Å²) in [5, 5.41) is 17.4. The molecule has 2 N–H and O–H groups in total. The van der Waals surface area contributed by atoms with Crippen LogP contribution in [-0.2, 0) is 0 Å². The van der Waals surface area contributed by atoms with Crippen molar-refractivity contribution in [3.63, 3.8) is 0 Å². The summed E-state index contributed by atoms with van der Waals surface area (Å²) in [4.78, 5) is 28.0. The molecule has 0 saturated carbocycles. The number of carbonyl (C=O) groups excluding carboxylic acids is 1. The molecular weight excluding hydrogens is 434 g/mol. The number of ether oxygens (including phenoxy) is 1. The summed E-state index contributed by atoms with van der Waals surface area (Å²) in [6, 6.07) is 14.6. The molecule has 2 unspecified atom stereocenters. The topological polar surface area (TPSA) is 106 Å². The molecule has 2 atom stereocenters. The summed E-state index contributed by atoms with van der Waals surface area (Å²) >= 11 is 0. The lowest BCUT2D eigenvalue weighted by Gasteiger charge is -2.17. The summed E-state index contributed by atoms with van der Waals surface area (Å²) in [6.07, 6.45) is 1.63. The number of rotatable bonds is 9. The molecule has 3 rings (SSSR count). The van der Waals surface area contributed by atoms with E-state index in [-0.39, 0.29) is 28.7 Å². The van der Waals surface area contributed by atoms with Gasteiger partial charge >= 0.3 is 6.61 Å². The SMILES string of the molecule is CC(NC(=O)c1ccc(NC(C)c2ccccn2)c([N+](=O)[O-])c1)c1cccc(OC(F)F)c1. The van der Waals surface area contributed by atoms with Crippen molar-refractivity contribution in [3.8, 4) is 5.75 Å². The second-order valence-corrected chi connectivity index (χ2v) is 7.26. The Morgan fingerprint density at radius 1 is 1.06 bits per heavy atom. The Labute approximate surface area is 188 Å². The summed E-state index contributed by atoms with van der Waals surface area (Å²) < 4.78 is 29.3. The fraction of sp³-hybridized carbons (Fsp3) is 0.217. The van der Waals surface area contributed by atoms with Gasteiger partial charge in [0.1, 0.15) is 11.4 Å². The van der Waals surface area contributed by atoms with Gasteiger partial charge in [-0.2, -0.15) is 8.78 Å². The number of amides is 1. The molecule has 10 heteroatoms. The third-order valence-corrected chi connectivity index (χ3v) is 4.89. The predicted molar refractivity (Wildman–Crippen MR) is 118 cm³/mol. The van der Waals surface area contributed by atoms with Crippen LogP contribution in [0, 0.1) is 10.1 Å². The molecule has 1 amide bonds. The van der Waals surface area contributed by atoms with Gasteiger partial charge < -0.3 is 15.4 Å². The van der Waals surface area contributed by atoms with Crippen LogP contribution < -0.4 is 15.4 Å². The van der Waals surface area contributed by atoms with Gasteiger partial charge in [-0.05, 0) is 55.8 Å². The van der Waals surface area contributed by atoms with Crippen LogP contribution in [0.25, 0.3) is 0 Å². The van der Waals surface area contributed by atoms with E-state index in [0.29, 0.717) is 11.3 Å². The van der Waals surface area contributed by atoms with Crippen LogP contribution in [0.3, 0.4) is 0 Å². The van der Waals surface area contributed by atoms with Crippen LogP contribution in [0.15, 0.2) is 66.9 Å². The molecule has 0 bridgehead atoms. The Morgan fingerprint density at radius 2 is 1.85 bits per heavy atom. The standard InChI is InChI=1S/C23H22F2N4O4/c1-14(16-6-5-7-18(12-16)33-23(24)25)28-22(30)17-9-10-20(21(13-17)29(31)32)27-15(2)19-8-3-4-11-26-19/h3-15,23,27H,1-2H3,(H,28,30). The molecule has 2 aromatic carbocycles. The first-order valence-electron chi connectivity index (χ1n) is 10.1.